The molecule has 3 atom stereocenters. The lowest BCUT2D eigenvalue weighted by Crippen LogP contribution is -2.52. The molecular formula is C21H28N2O4. The van der Waals surface area contributed by atoms with Crippen LogP contribution in [-0.2, 0) is 27.3 Å². The summed E-state index contributed by atoms with van der Waals surface area (Å²) < 4.78 is 5.97. The number of aliphatic hydroxyl groups excluding tert-OH is 1. The zero-order valence-corrected chi connectivity index (χ0v) is 15.6. The van der Waals surface area contributed by atoms with E-state index in [1.165, 1.54) is 11.1 Å². The molecule has 0 radical (unpaired) electrons. The van der Waals surface area contributed by atoms with Crippen LogP contribution in [0.25, 0.3) is 0 Å². The molecule has 4 rings (SSSR count). The number of benzene rings is 1. The van der Waals surface area contributed by atoms with Crippen LogP contribution in [0.4, 0.5) is 0 Å². The van der Waals surface area contributed by atoms with E-state index in [-0.39, 0.29) is 36.5 Å². The summed E-state index contributed by atoms with van der Waals surface area (Å²) in [6.07, 6.45) is 3.98. The van der Waals surface area contributed by atoms with E-state index in [0.29, 0.717) is 13.0 Å². The van der Waals surface area contributed by atoms with Crippen LogP contribution in [0.3, 0.4) is 0 Å². The molecule has 2 aliphatic heterocycles. The van der Waals surface area contributed by atoms with Gasteiger partial charge < -0.3 is 20.1 Å². The van der Waals surface area contributed by atoms with E-state index in [9.17, 15) is 14.7 Å². The lowest BCUT2D eigenvalue weighted by atomic mass is 9.95. The van der Waals surface area contributed by atoms with Gasteiger partial charge in [0.1, 0.15) is 6.10 Å². The lowest BCUT2D eigenvalue weighted by molar-refractivity contribution is -0.143. The smallest absolute Gasteiger partial charge is 0.225 e. The number of carbonyl (C=O) groups is 2. The first-order valence-electron chi connectivity index (χ1n) is 10.1. The van der Waals surface area contributed by atoms with E-state index in [1.54, 1.807) is 0 Å². The molecule has 6 nitrogen and oxygen atoms in total. The fourth-order valence-electron chi connectivity index (χ4n) is 4.13. The van der Waals surface area contributed by atoms with Crippen LogP contribution in [0.15, 0.2) is 24.3 Å². The van der Waals surface area contributed by atoms with E-state index in [1.807, 2.05) is 17.0 Å². The Balaban J connectivity index is 1.29. The van der Waals surface area contributed by atoms with Gasteiger partial charge in [0.2, 0.25) is 11.8 Å². The summed E-state index contributed by atoms with van der Waals surface area (Å²) >= 11 is 0. The fraction of sp³-hybridized carbons (Fsp3) is 0.619. The lowest BCUT2D eigenvalue weighted by Gasteiger charge is -2.37. The molecule has 1 saturated heterocycles. The minimum absolute atomic E-state index is 0.0727. The molecule has 0 spiro atoms. The average Bonchev–Trinajstić information content (AvgIpc) is 3.54. The highest BCUT2D eigenvalue weighted by atomic mass is 16.5. The summed E-state index contributed by atoms with van der Waals surface area (Å²) in [6, 6.07) is 8.11. The van der Waals surface area contributed by atoms with Gasteiger partial charge in [-0.15, -0.1) is 0 Å². The van der Waals surface area contributed by atoms with Crippen LogP contribution in [0, 0.1) is 5.92 Å². The summed E-state index contributed by atoms with van der Waals surface area (Å²) in [4.78, 5) is 26.6. The van der Waals surface area contributed by atoms with Crippen molar-refractivity contribution in [3.8, 4) is 0 Å². The third-order valence-electron chi connectivity index (χ3n) is 5.96. The third kappa shape index (κ3) is 4.33. The van der Waals surface area contributed by atoms with Crippen molar-refractivity contribution >= 4 is 11.8 Å². The molecule has 27 heavy (non-hydrogen) atoms. The average molecular weight is 372 g/mol. The van der Waals surface area contributed by atoms with Crippen LogP contribution in [-0.4, -0.2) is 53.2 Å². The molecule has 2 N–H and O–H groups in total. The number of rotatable bonds is 5. The Bertz CT molecular complexity index is 703. The Hall–Kier alpha value is -1.92. The number of fused-ring (bicyclic) bond motifs is 1. The second-order valence-corrected chi connectivity index (χ2v) is 7.98. The number of amides is 2. The predicted molar refractivity (Wildman–Crippen MR) is 99.8 cm³/mol. The topological polar surface area (TPSA) is 78.9 Å². The van der Waals surface area contributed by atoms with Gasteiger partial charge in [-0.05, 0) is 43.2 Å². The molecule has 1 saturated carbocycles. The van der Waals surface area contributed by atoms with Gasteiger partial charge in [-0.1, -0.05) is 24.3 Å². The van der Waals surface area contributed by atoms with E-state index in [2.05, 4.69) is 17.4 Å². The first kappa shape index (κ1) is 18.4. The van der Waals surface area contributed by atoms with E-state index in [0.717, 1.165) is 38.6 Å². The van der Waals surface area contributed by atoms with Crippen LogP contribution in [0.2, 0.25) is 0 Å². The standard InChI is InChI=1S/C21H28N2O4/c24-13-19-18(22-21(26)15-5-6-15)8-7-17(27-19)11-20(25)23-10-9-14-3-1-2-4-16(14)12-23/h1-4,15,17-19,24H,5-13H2,(H,22,26)/t17-,18+,19-/m1/s1. The van der Waals surface area contributed by atoms with E-state index in [4.69, 9.17) is 4.74 Å². The molecule has 1 aromatic carbocycles. The maximum atomic E-state index is 12.7. The molecule has 1 aromatic rings. The normalized spacial score (nSPS) is 27.7. The summed E-state index contributed by atoms with van der Waals surface area (Å²) in [7, 11) is 0. The molecule has 0 aromatic heterocycles. The Morgan fingerprint density at radius 1 is 1.15 bits per heavy atom. The highest BCUT2D eigenvalue weighted by Crippen LogP contribution is 2.30. The van der Waals surface area contributed by atoms with Gasteiger partial charge in [0.05, 0.1) is 25.2 Å². The fourth-order valence-corrected chi connectivity index (χ4v) is 4.13. The van der Waals surface area contributed by atoms with Gasteiger partial charge in [-0.2, -0.15) is 0 Å². The van der Waals surface area contributed by atoms with Crippen molar-refractivity contribution in [2.24, 2.45) is 5.92 Å². The predicted octanol–water partition coefficient (Wildman–Crippen LogP) is 1.40. The Morgan fingerprint density at radius 3 is 2.67 bits per heavy atom. The van der Waals surface area contributed by atoms with Crippen molar-refractivity contribution in [3.63, 3.8) is 0 Å². The van der Waals surface area contributed by atoms with Gasteiger partial charge in [0, 0.05) is 19.0 Å². The van der Waals surface area contributed by atoms with Crippen LogP contribution >= 0.6 is 0 Å². The molecule has 0 bridgehead atoms. The van der Waals surface area contributed by atoms with E-state index >= 15 is 0 Å². The first-order chi connectivity index (χ1) is 13.1. The SMILES string of the molecule is O=C(N[C@H]1CC[C@H](CC(=O)N2CCc3ccccc3C2)O[C@@H]1CO)C1CC1. The van der Waals surface area contributed by atoms with Gasteiger partial charge in [-0.3, -0.25) is 9.59 Å². The summed E-state index contributed by atoms with van der Waals surface area (Å²) in [5.41, 5.74) is 2.54. The van der Waals surface area contributed by atoms with Crippen molar-refractivity contribution in [2.75, 3.05) is 13.2 Å². The van der Waals surface area contributed by atoms with Crippen molar-refractivity contribution in [3.05, 3.63) is 35.4 Å². The summed E-state index contributed by atoms with van der Waals surface area (Å²) in [5.74, 6) is 0.320. The Labute approximate surface area is 159 Å². The maximum absolute atomic E-state index is 12.7. The molecule has 6 heteroatoms. The number of aliphatic hydroxyl groups is 1. The summed E-state index contributed by atoms with van der Waals surface area (Å²) in [6.45, 7) is 1.26. The van der Waals surface area contributed by atoms with Crippen molar-refractivity contribution in [1.29, 1.82) is 0 Å². The molecular weight excluding hydrogens is 344 g/mol. The van der Waals surface area contributed by atoms with Crippen molar-refractivity contribution in [1.82, 2.24) is 10.2 Å². The minimum Gasteiger partial charge on any atom is -0.394 e. The van der Waals surface area contributed by atoms with Crippen molar-refractivity contribution < 1.29 is 19.4 Å². The zero-order chi connectivity index (χ0) is 18.8. The first-order valence-corrected chi connectivity index (χ1v) is 10.1. The Morgan fingerprint density at radius 2 is 1.93 bits per heavy atom. The van der Waals surface area contributed by atoms with Crippen LogP contribution < -0.4 is 5.32 Å². The van der Waals surface area contributed by atoms with Crippen LogP contribution in [0.5, 0.6) is 0 Å². The van der Waals surface area contributed by atoms with Gasteiger partial charge >= 0.3 is 0 Å². The quantitative estimate of drug-likeness (QED) is 0.819. The van der Waals surface area contributed by atoms with Gasteiger partial charge in [0.15, 0.2) is 0 Å². The molecule has 146 valence electrons. The number of nitrogens with zero attached hydrogens (tertiary/aromatic N) is 1. The second-order valence-electron chi connectivity index (χ2n) is 7.98. The second kappa shape index (κ2) is 7.98. The monoisotopic (exact) mass is 372 g/mol. The highest BCUT2D eigenvalue weighted by Gasteiger charge is 2.37. The third-order valence-corrected chi connectivity index (χ3v) is 5.96. The largest absolute Gasteiger partial charge is 0.394 e. The Kier molecular flexibility index (Phi) is 5.45. The molecule has 2 amide bonds. The van der Waals surface area contributed by atoms with E-state index < -0.39 is 6.10 Å². The molecule has 0 unspecified atom stereocenters. The maximum Gasteiger partial charge on any atom is 0.225 e. The molecule has 3 aliphatic rings. The summed E-state index contributed by atoms with van der Waals surface area (Å²) in [5, 5.41) is 12.7. The zero-order valence-electron chi connectivity index (χ0n) is 15.6. The van der Waals surface area contributed by atoms with Gasteiger partial charge in [0.25, 0.3) is 0 Å². The van der Waals surface area contributed by atoms with Crippen LogP contribution in [0.1, 0.15) is 43.2 Å². The van der Waals surface area contributed by atoms with Gasteiger partial charge in [-0.25, -0.2) is 0 Å². The number of ether oxygens (including phenoxy) is 1. The highest BCUT2D eigenvalue weighted by molar-refractivity contribution is 5.81. The van der Waals surface area contributed by atoms with Crippen molar-refractivity contribution in [2.45, 2.75) is 63.3 Å². The number of hydrogen-bond donors (Lipinski definition) is 2. The number of hydrogen-bond acceptors (Lipinski definition) is 4. The number of carbonyl (C=O) groups excluding carboxylic acids is 2. The number of nitrogens with one attached hydrogen (secondary N) is 1. The molecule has 1 aliphatic carbocycles. The molecule has 2 heterocycles. The minimum atomic E-state index is -0.429. The molecule has 2 fully saturated rings.